The minimum atomic E-state index is -0.629. The number of amides is 1. The second-order valence-corrected chi connectivity index (χ2v) is 7.80. The third kappa shape index (κ3) is 6.53. The number of nitrogens with one attached hydrogen (secondary N) is 1. The van der Waals surface area contributed by atoms with Crippen molar-refractivity contribution in [2.45, 2.75) is 33.5 Å². The second kappa shape index (κ2) is 9.83. The van der Waals surface area contributed by atoms with Gasteiger partial charge < -0.3 is 15.2 Å². The van der Waals surface area contributed by atoms with E-state index >= 15 is 0 Å². The lowest BCUT2D eigenvalue weighted by atomic mass is 10.1. The van der Waals surface area contributed by atoms with Crippen molar-refractivity contribution in [3.63, 3.8) is 0 Å². The van der Waals surface area contributed by atoms with Gasteiger partial charge in [0.15, 0.2) is 0 Å². The fourth-order valence-electron chi connectivity index (χ4n) is 2.97. The summed E-state index contributed by atoms with van der Waals surface area (Å²) in [6.07, 6.45) is -0.629. The molecule has 0 aliphatic heterocycles. The first-order chi connectivity index (χ1) is 12.3. The summed E-state index contributed by atoms with van der Waals surface area (Å²) in [5.74, 6) is -0.0887. The number of rotatable bonds is 9. The highest BCUT2D eigenvalue weighted by Crippen LogP contribution is 2.21. The fraction of sp³-hybridized carbons (Fsp3) is 0.450. The van der Waals surface area contributed by atoms with Gasteiger partial charge in [0.1, 0.15) is 0 Å². The predicted molar refractivity (Wildman–Crippen MR) is 107 cm³/mol. The third-order valence-electron chi connectivity index (χ3n) is 4.01. The lowest BCUT2D eigenvalue weighted by Gasteiger charge is -2.21. The summed E-state index contributed by atoms with van der Waals surface area (Å²) in [6, 6.07) is 8.09. The standard InChI is InChI=1S/C20H28N2O3S/c1-14-8-15(2)20(16(3)9-14)21-19(24)11-22(4)10-17(23)12-25-13-18-6-5-7-26-18/h5-9,17,23H,10-13H2,1-4H3,(H,21,24). The van der Waals surface area contributed by atoms with Gasteiger partial charge in [-0.2, -0.15) is 0 Å². The summed E-state index contributed by atoms with van der Waals surface area (Å²) in [4.78, 5) is 15.2. The summed E-state index contributed by atoms with van der Waals surface area (Å²) < 4.78 is 5.52. The van der Waals surface area contributed by atoms with Gasteiger partial charge in [-0.1, -0.05) is 23.8 Å². The van der Waals surface area contributed by atoms with Crippen molar-refractivity contribution >= 4 is 22.9 Å². The maximum Gasteiger partial charge on any atom is 0.238 e. The van der Waals surface area contributed by atoms with Crippen LogP contribution < -0.4 is 5.32 Å². The number of carbonyl (C=O) groups excluding carboxylic acids is 1. The molecule has 1 aromatic carbocycles. The molecule has 1 unspecified atom stereocenters. The number of thiophene rings is 1. The first kappa shape index (κ1) is 20.6. The molecule has 26 heavy (non-hydrogen) atoms. The van der Waals surface area contributed by atoms with Gasteiger partial charge in [0.05, 0.1) is 25.9 Å². The van der Waals surface area contributed by atoms with E-state index in [4.69, 9.17) is 4.74 Å². The SMILES string of the molecule is Cc1cc(C)c(NC(=O)CN(C)CC(O)COCc2cccs2)c(C)c1. The van der Waals surface area contributed by atoms with E-state index in [1.165, 1.54) is 5.56 Å². The predicted octanol–water partition coefficient (Wildman–Crippen LogP) is 3.12. The van der Waals surface area contributed by atoms with Crippen molar-refractivity contribution < 1.29 is 14.6 Å². The molecule has 0 radical (unpaired) electrons. The van der Waals surface area contributed by atoms with Crippen molar-refractivity contribution in [1.29, 1.82) is 0 Å². The highest BCUT2D eigenvalue weighted by Gasteiger charge is 2.14. The fourth-order valence-corrected chi connectivity index (χ4v) is 3.61. The maximum atomic E-state index is 12.3. The average molecular weight is 377 g/mol. The van der Waals surface area contributed by atoms with Crippen LogP contribution in [0.3, 0.4) is 0 Å². The Bertz CT molecular complexity index is 693. The molecule has 1 heterocycles. The lowest BCUT2D eigenvalue weighted by molar-refractivity contribution is -0.117. The largest absolute Gasteiger partial charge is 0.389 e. The highest BCUT2D eigenvalue weighted by atomic mass is 32.1. The molecule has 0 aliphatic carbocycles. The normalized spacial score (nSPS) is 12.4. The quantitative estimate of drug-likeness (QED) is 0.706. The van der Waals surface area contributed by atoms with Crippen molar-refractivity contribution in [2.24, 2.45) is 0 Å². The van der Waals surface area contributed by atoms with Crippen LogP contribution in [0.25, 0.3) is 0 Å². The van der Waals surface area contributed by atoms with Crippen LogP contribution >= 0.6 is 11.3 Å². The number of carbonyl (C=O) groups is 1. The summed E-state index contributed by atoms with van der Waals surface area (Å²) >= 11 is 1.63. The Morgan fingerprint density at radius 1 is 1.31 bits per heavy atom. The number of nitrogens with zero attached hydrogens (tertiary/aromatic N) is 1. The Morgan fingerprint density at radius 3 is 2.62 bits per heavy atom. The Labute approximate surface area is 159 Å². The van der Waals surface area contributed by atoms with Gasteiger partial charge in [-0.05, 0) is 50.4 Å². The van der Waals surface area contributed by atoms with E-state index in [1.54, 1.807) is 16.2 Å². The molecule has 0 saturated carbocycles. The van der Waals surface area contributed by atoms with Crippen LogP contribution in [0.2, 0.25) is 0 Å². The zero-order valence-electron chi connectivity index (χ0n) is 15.9. The number of hydrogen-bond acceptors (Lipinski definition) is 5. The molecule has 0 spiro atoms. The number of hydrogen-bond donors (Lipinski definition) is 2. The van der Waals surface area contributed by atoms with E-state index < -0.39 is 6.10 Å². The molecular formula is C20H28N2O3S. The van der Waals surface area contributed by atoms with Crippen molar-refractivity contribution in [3.8, 4) is 0 Å². The molecule has 0 saturated heterocycles. The van der Waals surface area contributed by atoms with Gasteiger partial charge in [0, 0.05) is 17.1 Å². The molecule has 6 heteroatoms. The Morgan fingerprint density at radius 2 is 2.00 bits per heavy atom. The summed E-state index contributed by atoms with van der Waals surface area (Å²) in [5.41, 5.74) is 4.16. The molecule has 2 N–H and O–H groups in total. The van der Waals surface area contributed by atoms with Crippen LogP contribution in [-0.4, -0.2) is 48.8 Å². The number of aryl methyl sites for hydroxylation is 3. The molecular weight excluding hydrogens is 348 g/mol. The molecule has 1 amide bonds. The van der Waals surface area contributed by atoms with Crippen molar-refractivity contribution in [3.05, 3.63) is 51.2 Å². The Kier molecular flexibility index (Phi) is 7.78. The van der Waals surface area contributed by atoms with Crippen LogP contribution in [0.1, 0.15) is 21.6 Å². The molecule has 0 aliphatic rings. The van der Waals surface area contributed by atoms with Crippen LogP contribution in [0.4, 0.5) is 5.69 Å². The number of likely N-dealkylation sites (N-methyl/N-ethyl adjacent to an activating group) is 1. The molecule has 0 bridgehead atoms. The first-order valence-electron chi connectivity index (χ1n) is 8.69. The molecule has 2 rings (SSSR count). The van der Waals surface area contributed by atoms with E-state index in [-0.39, 0.29) is 19.1 Å². The summed E-state index contributed by atoms with van der Waals surface area (Å²) in [7, 11) is 1.82. The van der Waals surface area contributed by atoms with E-state index in [2.05, 4.69) is 17.4 Å². The highest BCUT2D eigenvalue weighted by molar-refractivity contribution is 7.09. The topological polar surface area (TPSA) is 61.8 Å². The van der Waals surface area contributed by atoms with Gasteiger partial charge in [-0.15, -0.1) is 11.3 Å². The third-order valence-corrected chi connectivity index (χ3v) is 4.86. The average Bonchev–Trinajstić information content (AvgIpc) is 3.04. The second-order valence-electron chi connectivity index (χ2n) is 6.77. The molecule has 1 aromatic heterocycles. The van der Waals surface area contributed by atoms with E-state index in [0.717, 1.165) is 21.7 Å². The van der Waals surface area contributed by atoms with Crippen LogP contribution in [0, 0.1) is 20.8 Å². The number of benzene rings is 1. The molecule has 5 nitrogen and oxygen atoms in total. The summed E-state index contributed by atoms with van der Waals surface area (Å²) in [6.45, 7) is 7.38. The van der Waals surface area contributed by atoms with Gasteiger partial charge in [-0.3, -0.25) is 9.69 Å². The lowest BCUT2D eigenvalue weighted by Crippen LogP contribution is -2.37. The minimum Gasteiger partial charge on any atom is -0.389 e. The monoisotopic (exact) mass is 376 g/mol. The van der Waals surface area contributed by atoms with Gasteiger partial charge in [0.2, 0.25) is 5.91 Å². The Balaban J connectivity index is 1.74. The zero-order valence-corrected chi connectivity index (χ0v) is 16.7. The van der Waals surface area contributed by atoms with Gasteiger partial charge in [0.25, 0.3) is 0 Å². The van der Waals surface area contributed by atoms with E-state index in [1.807, 2.05) is 45.3 Å². The molecule has 2 aromatic rings. The van der Waals surface area contributed by atoms with Crippen LogP contribution in [0.15, 0.2) is 29.6 Å². The maximum absolute atomic E-state index is 12.3. The van der Waals surface area contributed by atoms with Crippen LogP contribution in [-0.2, 0) is 16.1 Å². The number of aliphatic hydroxyl groups is 1. The number of ether oxygens (including phenoxy) is 1. The molecule has 0 fully saturated rings. The first-order valence-corrected chi connectivity index (χ1v) is 9.57. The molecule has 142 valence electrons. The zero-order chi connectivity index (χ0) is 19.1. The number of aliphatic hydroxyl groups excluding tert-OH is 1. The smallest absolute Gasteiger partial charge is 0.238 e. The Hall–Kier alpha value is -1.73. The van der Waals surface area contributed by atoms with Gasteiger partial charge >= 0.3 is 0 Å². The van der Waals surface area contributed by atoms with Crippen LogP contribution in [0.5, 0.6) is 0 Å². The van der Waals surface area contributed by atoms with Crippen molar-refractivity contribution in [1.82, 2.24) is 4.90 Å². The minimum absolute atomic E-state index is 0.0887. The number of anilines is 1. The summed E-state index contributed by atoms with van der Waals surface area (Å²) in [5, 5.41) is 15.1. The van der Waals surface area contributed by atoms with Crippen molar-refractivity contribution in [2.75, 3.05) is 32.1 Å². The molecule has 1 atom stereocenters. The van der Waals surface area contributed by atoms with Gasteiger partial charge in [-0.25, -0.2) is 0 Å². The van der Waals surface area contributed by atoms with E-state index in [9.17, 15) is 9.90 Å². The van der Waals surface area contributed by atoms with E-state index in [0.29, 0.717) is 13.2 Å².